The summed E-state index contributed by atoms with van der Waals surface area (Å²) in [7, 11) is 1.72. The van der Waals surface area contributed by atoms with Crippen molar-refractivity contribution in [1.82, 2.24) is 4.90 Å². The fourth-order valence-corrected chi connectivity index (χ4v) is 2.43. The Kier molecular flexibility index (Phi) is 6.95. The first-order valence-corrected chi connectivity index (χ1v) is 8.45. The molecule has 25 heavy (non-hydrogen) atoms. The highest BCUT2D eigenvalue weighted by Crippen LogP contribution is 2.26. The number of ether oxygens (including phenoxy) is 2. The molecule has 0 spiro atoms. The lowest BCUT2D eigenvalue weighted by atomic mass is 10.1. The minimum Gasteiger partial charge on any atom is -0.506 e. The van der Waals surface area contributed by atoms with Gasteiger partial charge in [-0.3, -0.25) is 4.79 Å². The average Bonchev–Trinajstić information content (AvgIpc) is 2.59. The Morgan fingerprint density at radius 3 is 2.48 bits per heavy atom. The van der Waals surface area contributed by atoms with Crippen LogP contribution in [0.3, 0.4) is 0 Å². The largest absolute Gasteiger partial charge is 0.506 e. The molecule has 6 heteroatoms. The lowest BCUT2D eigenvalue weighted by molar-refractivity contribution is -0.129. The number of carbonyl (C=O) groups is 1. The van der Waals surface area contributed by atoms with Crippen molar-refractivity contribution in [3.05, 3.63) is 53.1 Å². The molecule has 0 bridgehead atoms. The third-order valence-electron chi connectivity index (χ3n) is 3.63. The second-order valence-corrected chi connectivity index (χ2v) is 5.91. The van der Waals surface area contributed by atoms with Crippen LogP contribution in [-0.2, 0) is 11.2 Å². The maximum absolute atomic E-state index is 12.3. The molecule has 1 amide bonds. The topological polar surface area (TPSA) is 59.0 Å². The molecule has 1 N–H and O–H groups in total. The number of amides is 1. The van der Waals surface area contributed by atoms with Gasteiger partial charge in [0.2, 0.25) is 5.91 Å². The predicted molar refractivity (Wildman–Crippen MR) is 97.6 cm³/mol. The highest BCUT2D eigenvalue weighted by Gasteiger charge is 2.12. The van der Waals surface area contributed by atoms with Crippen LogP contribution in [0.15, 0.2) is 42.5 Å². The first kappa shape index (κ1) is 18.9. The van der Waals surface area contributed by atoms with Gasteiger partial charge < -0.3 is 19.5 Å². The number of phenols is 1. The maximum Gasteiger partial charge on any atom is 0.226 e. The molecular weight excluding hydrogens is 342 g/mol. The maximum atomic E-state index is 12.3. The van der Waals surface area contributed by atoms with E-state index < -0.39 is 0 Å². The number of benzene rings is 2. The van der Waals surface area contributed by atoms with E-state index >= 15 is 0 Å². The second kappa shape index (κ2) is 9.18. The Morgan fingerprint density at radius 2 is 1.84 bits per heavy atom. The Morgan fingerprint density at radius 1 is 1.16 bits per heavy atom. The van der Waals surface area contributed by atoms with Gasteiger partial charge in [-0.05, 0) is 36.8 Å². The van der Waals surface area contributed by atoms with Crippen LogP contribution in [0.5, 0.6) is 17.2 Å². The minimum absolute atomic E-state index is 0.00702. The molecule has 0 atom stereocenters. The molecule has 0 saturated heterocycles. The van der Waals surface area contributed by atoms with Crippen molar-refractivity contribution in [2.45, 2.75) is 13.3 Å². The molecule has 5 nitrogen and oxygen atoms in total. The van der Waals surface area contributed by atoms with Gasteiger partial charge in [0.05, 0.1) is 24.6 Å². The van der Waals surface area contributed by atoms with E-state index in [1.54, 1.807) is 24.1 Å². The fourth-order valence-electron chi connectivity index (χ4n) is 2.23. The molecular formula is C19H22ClNO4. The summed E-state index contributed by atoms with van der Waals surface area (Å²) in [5.41, 5.74) is 0.752. The molecule has 134 valence electrons. The molecule has 0 heterocycles. The van der Waals surface area contributed by atoms with E-state index in [1.807, 2.05) is 31.2 Å². The van der Waals surface area contributed by atoms with Crippen LogP contribution >= 0.6 is 11.6 Å². The summed E-state index contributed by atoms with van der Waals surface area (Å²) >= 11 is 5.86. The van der Waals surface area contributed by atoms with Gasteiger partial charge in [0, 0.05) is 7.05 Å². The van der Waals surface area contributed by atoms with Gasteiger partial charge in [0.15, 0.2) is 11.5 Å². The highest BCUT2D eigenvalue weighted by molar-refractivity contribution is 6.32. The molecule has 2 rings (SSSR count). The number of phenolic OH excluding ortho intramolecular Hbond substituents is 1. The Labute approximate surface area is 152 Å². The van der Waals surface area contributed by atoms with Crippen LogP contribution in [0.2, 0.25) is 5.02 Å². The highest BCUT2D eigenvalue weighted by atomic mass is 35.5. The molecule has 0 unspecified atom stereocenters. The fraction of sp³-hybridized carbons (Fsp3) is 0.316. The summed E-state index contributed by atoms with van der Waals surface area (Å²) in [6.07, 6.45) is 0.214. The normalized spacial score (nSPS) is 10.4. The zero-order chi connectivity index (χ0) is 18.2. The van der Waals surface area contributed by atoms with Gasteiger partial charge in [-0.25, -0.2) is 0 Å². The van der Waals surface area contributed by atoms with Crippen molar-refractivity contribution in [3.8, 4) is 17.2 Å². The van der Waals surface area contributed by atoms with E-state index in [4.69, 9.17) is 21.1 Å². The number of aromatic hydroxyl groups is 1. The number of halogens is 1. The number of hydrogen-bond acceptors (Lipinski definition) is 4. The van der Waals surface area contributed by atoms with E-state index in [0.717, 1.165) is 5.56 Å². The second-order valence-electron chi connectivity index (χ2n) is 5.51. The molecule has 2 aromatic carbocycles. The van der Waals surface area contributed by atoms with Crippen LogP contribution in [0.25, 0.3) is 0 Å². The number of likely N-dealkylation sites (N-methyl/N-ethyl adjacent to an activating group) is 1. The Balaban J connectivity index is 1.84. The zero-order valence-electron chi connectivity index (χ0n) is 14.4. The van der Waals surface area contributed by atoms with Gasteiger partial charge in [-0.2, -0.15) is 0 Å². The SMILES string of the molecule is CCOc1ccccc1OCCN(C)C(=O)Cc1ccc(O)c(Cl)c1. The zero-order valence-corrected chi connectivity index (χ0v) is 15.1. The Hall–Kier alpha value is -2.40. The molecule has 0 aliphatic heterocycles. The molecule has 0 radical (unpaired) electrons. The predicted octanol–water partition coefficient (Wildman–Crippen LogP) is 3.52. The molecule has 0 saturated carbocycles. The van der Waals surface area contributed by atoms with Crippen LogP contribution in [0, 0.1) is 0 Å². The van der Waals surface area contributed by atoms with E-state index in [1.165, 1.54) is 6.07 Å². The lowest BCUT2D eigenvalue weighted by Crippen LogP contribution is -2.32. The summed E-state index contributed by atoms with van der Waals surface area (Å²) in [6.45, 7) is 3.29. The number of para-hydroxylation sites is 2. The van der Waals surface area contributed by atoms with Crippen LogP contribution < -0.4 is 9.47 Å². The smallest absolute Gasteiger partial charge is 0.226 e. The van der Waals surface area contributed by atoms with Crippen molar-refractivity contribution in [2.24, 2.45) is 0 Å². The van der Waals surface area contributed by atoms with Crippen molar-refractivity contribution in [3.63, 3.8) is 0 Å². The van der Waals surface area contributed by atoms with Crippen LogP contribution in [0.1, 0.15) is 12.5 Å². The number of rotatable bonds is 8. The first-order chi connectivity index (χ1) is 12.0. The quantitative estimate of drug-likeness (QED) is 0.779. The van der Waals surface area contributed by atoms with Crippen LogP contribution in [-0.4, -0.2) is 42.7 Å². The van der Waals surface area contributed by atoms with Crippen LogP contribution in [0.4, 0.5) is 0 Å². The minimum atomic E-state index is -0.0524. The van der Waals surface area contributed by atoms with Crippen molar-refractivity contribution in [1.29, 1.82) is 0 Å². The van der Waals surface area contributed by atoms with Gasteiger partial charge >= 0.3 is 0 Å². The summed E-state index contributed by atoms with van der Waals surface area (Å²) in [6, 6.07) is 12.2. The lowest BCUT2D eigenvalue weighted by Gasteiger charge is -2.18. The number of hydrogen-bond donors (Lipinski definition) is 1. The molecule has 0 fully saturated rings. The van der Waals surface area contributed by atoms with E-state index in [-0.39, 0.29) is 23.1 Å². The summed E-state index contributed by atoms with van der Waals surface area (Å²) in [5.74, 6) is 1.31. The van der Waals surface area contributed by atoms with Gasteiger partial charge in [0.1, 0.15) is 12.4 Å². The standard InChI is InChI=1S/C19H22ClNO4/c1-3-24-17-6-4-5-7-18(17)25-11-10-21(2)19(23)13-14-8-9-16(22)15(20)12-14/h4-9,12,22H,3,10-11,13H2,1-2H3. The van der Waals surface area contributed by atoms with Gasteiger partial charge in [0.25, 0.3) is 0 Å². The number of carbonyl (C=O) groups excluding carboxylic acids is 1. The first-order valence-electron chi connectivity index (χ1n) is 8.07. The molecule has 0 aromatic heterocycles. The summed E-state index contributed by atoms with van der Waals surface area (Å²) in [4.78, 5) is 13.9. The Bertz CT molecular complexity index is 720. The molecule has 2 aromatic rings. The van der Waals surface area contributed by atoms with Gasteiger partial charge in [-0.15, -0.1) is 0 Å². The summed E-state index contributed by atoms with van der Waals surface area (Å²) < 4.78 is 11.2. The van der Waals surface area contributed by atoms with Crippen molar-refractivity contribution >= 4 is 17.5 Å². The van der Waals surface area contributed by atoms with E-state index in [9.17, 15) is 9.90 Å². The van der Waals surface area contributed by atoms with E-state index in [0.29, 0.717) is 31.3 Å². The molecule has 0 aliphatic rings. The third-order valence-corrected chi connectivity index (χ3v) is 3.93. The summed E-state index contributed by atoms with van der Waals surface area (Å²) in [5, 5.41) is 9.66. The average molecular weight is 364 g/mol. The monoisotopic (exact) mass is 363 g/mol. The van der Waals surface area contributed by atoms with Crippen molar-refractivity contribution in [2.75, 3.05) is 26.8 Å². The van der Waals surface area contributed by atoms with Gasteiger partial charge in [-0.1, -0.05) is 29.8 Å². The third kappa shape index (κ3) is 5.57. The van der Waals surface area contributed by atoms with Crippen molar-refractivity contribution < 1.29 is 19.4 Å². The van der Waals surface area contributed by atoms with E-state index in [2.05, 4.69) is 0 Å². The number of nitrogens with zero attached hydrogens (tertiary/aromatic N) is 1. The molecule has 0 aliphatic carbocycles.